The maximum Gasteiger partial charge on any atom is 0.254 e. The van der Waals surface area contributed by atoms with Gasteiger partial charge in [-0.3, -0.25) is 9.59 Å². The molecule has 0 atom stereocenters. The zero-order valence-corrected chi connectivity index (χ0v) is 14.5. The molecule has 0 saturated heterocycles. The van der Waals surface area contributed by atoms with E-state index in [2.05, 4.69) is 10.6 Å². The van der Waals surface area contributed by atoms with Crippen molar-refractivity contribution in [1.82, 2.24) is 10.6 Å². The van der Waals surface area contributed by atoms with E-state index in [-0.39, 0.29) is 18.0 Å². The van der Waals surface area contributed by atoms with E-state index in [4.69, 9.17) is 0 Å². The van der Waals surface area contributed by atoms with E-state index in [1.807, 2.05) is 19.1 Å². The van der Waals surface area contributed by atoms with E-state index in [0.29, 0.717) is 24.1 Å². The van der Waals surface area contributed by atoms with Gasteiger partial charge in [0.15, 0.2) is 0 Å². The van der Waals surface area contributed by atoms with Crippen molar-refractivity contribution in [3.63, 3.8) is 0 Å². The number of nitrogens with one attached hydrogen (secondary N) is 2. The molecule has 2 N–H and O–H groups in total. The molecule has 0 unspecified atom stereocenters. The van der Waals surface area contributed by atoms with Crippen LogP contribution in [-0.2, 0) is 12.8 Å². The van der Waals surface area contributed by atoms with Crippen LogP contribution in [0.3, 0.4) is 0 Å². The molecule has 0 spiro atoms. The predicted octanol–water partition coefficient (Wildman–Crippen LogP) is 2.71. The van der Waals surface area contributed by atoms with Crippen LogP contribution in [0.25, 0.3) is 0 Å². The predicted molar refractivity (Wildman–Crippen MR) is 94.7 cm³/mol. The molecule has 2 aromatic carbocycles. The Balaban J connectivity index is 1.83. The number of hydrogen-bond acceptors (Lipinski definition) is 2. The maximum absolute atomic E-state index is 14.2. The molecular weight excluding hydrogens is 338 g/mol. The number of benzene rings is 2. The van der Waals surface area contributed by atoms with Gasteiger partial charge < -0.3 is 10.6 Å². The average molecular weight is 358 g/mol. The van der Waals surface area contributed by atoms with Crippen molar-refractivity contribution in [3.8, 4) is 0 Å². The summed E-state index contributed by atoms with van der Waals surface area (Å²) in [4.78, 5) is 23.8. The van der Waals surface area contributed by atoms with Crippen LogP contribution >= 0.6 is 0 Å². The fourth-order valence-corrected chi connectivity index (χ4v) is 3.16. The molecular formula is C20H20F2N2O2. The van der Waals surface area contributed by atoms with E-state index in [0.717, 1.165) is 23.1 Å². The SMILES string of the molecule is Cc1cc2c(cc1Cc1ccc(C(=O)NCCF)c(F)c1)C(=O)NCC2. The second kappa shape index (κ2) is 7.64. The van der Waals surface area contributed by atoms with Crippen molar-refractivity contribution in [2.75, 3.05) is 19.8 Å². The molecule has 1 aliphatic heterocycles. The summed E-state index contributed by atoms with van der Waals surface area (Å²) in [5.74, 6) is -1.36. The third-order valence-electron chi connectivity index (χ3n) is 4.54. The van der Waals surface area contributed by atoms with Crippen LogP contribution < -0.4 is 10.6 Å². The minimum Gasteiger partial charge on any atom is -0.352 e. The number of halogens is 2. The third-order valence-corrected chi connectivity index (χ3v) is 4.54. The van der Waals surface area contributed by atoms with Gasteiger partial charge >= 0.3 is 0 Å². The van der Waals surface area contributed by atoms with E-state index < -0.39 is 18.4 Å². The van der Waals surface area contributed by atoms with Crippen LogP contribution in [-0.4, -0.2) is 31.6 Å². The molecule has 2 aromatic rings. The fraction of sp³-hybridized carbons (Fsp3) is 0.300. The number of aryl methyl sites for hydroxylation is 1. The Labute approximate surface area is 150 Å². The normalized spacial score (nSPS) is 13.1. The third kappa shape index (κ3) is 3.74. The summed E-state index contributed by atoms with van der Waals surface area (Å²) >= 11 is 0. The van der Waals surface area contributed by atoms with Gasteiger partial charge in [0.2, 0.25) is 0 Å². The Hall–Kier alpha value is -2.76. The molecule has 0 radical (unpaired) electrons. The zero-order chi connectivity index (χ0) is 18.7. The lowest BCUT2D eigenvalue weighted by Gasteiger charge is -2.19. The number of hydrogen-bond donors (Lipinski definition) is 2. The van der Waals surface area contributed by atoms with Gasteiger partial charge in [-0.1, -0.05) is 12.1 Å². The van der Waals surface area contributed by atoms with Crippen molar-refractivity contribution in [1.29, 1.82) is 0 Å². The minimum absolute atomic E-state index is 0.0847. The largest absolute Gasteiger partial charge is 0.352 e. The molecule has 1 heterocycles. The highest BCUT2D eigenvalue weighted by molar-refractivity contribution is 5.97. The molecule has 2 amide bonds. The Morgan fingerprint density at radius 3 is 2.81 bits per heavy atom. The summed E-state index contributed by atoms with van der Waals surface area (Å²) in [5, 5.41) is 5.13. The highest BCUT2D eigenvalue weighted by atomic mass is 19.1. The molecule has 4 nitrogen and oxygen atoms in total. The summed E-state index contributed by atoms with van der Waals surface area (Å²) in [6.45, 7) is 1.77. The smallest absolute Gasteiger partial charge is 0.254 e. The lowest BCUT2D eigenvalue weighted by atomic mass is 9.91. The summed E-state index contributed by atoms with van der Waals surface area (Å²) in [6, 6.07) is 8.26. The molecule has 136 valence electrons. The number of carbonyl (C=O) groups is 2. The van der Waals surface area contributed by atoms with Crippen LogP contribution in [0, 0.1) is 12.7 Å². The van der Waals surface area contributed by atoms with Crippen LogP contribution in [0.4, 0.5) is 8.78 Å². The first-order valence-electron chi connectivity index (χ1n) is 8.52. The molecule has 0 aliphatic carbocycles. The Morgan fingerprint density at radius 1 is 1.27 bits per heavy atom. The topological polar surface area (TPSA) is 58.2 Å². The number of amides is 2. The van der Waals surface area contributed by atoms with E-state index >= 15 is 0 Å². The summed E-state index contributed by atoms with van der Waals surface area (Å²) in [6.07, 6.45) is 1.26. The fourth-order valence-electron chi connectivity index (χ4n) is 3.16. The lowest BCUT2D eigenvalue weighted by molar-refractivity contribution is 0.0938. The Kier molecular flexibility index (Phi) is 5.30. The molecule has 0 aromatic heterocycles. The van der Waals surface area contributed by atoms with Gasteiger partial charge in [-0.15, -0.1) is 0 Å². The number of alkyl halides is 1. The monoisotopic (exact) mass is 358 g/mol. The van der Waals surface area contributed by atoms with Crippen molar-refractivity contribution in [3.05, 3.63) is 69.5 Å². The summed E-state index contributed by atoms with van der Waals surface area (Å²) in [5.41, 5.74) is 4.27. The number of rotatable bonds is 5. The van der Waals surface area contributed by atoms with Crippen molar-refractivity contribution < 1.29 is 18.4 Å². The second-order valence-electron chi connectivity index (χ2n) is 6.38. The van der Waals surface area contributed by atoms with Crippen molar-refractivity contribution >= 4 is 11.8 Å². The van der Waals surface area contributed by atoms with Gasteiger partial charge in [0.1, 0.15) is 12.5 Å². The first kappa shape index (κ1) is 18.0. The van der Waals surface area contributed by atoms with Gasteiger partial charge in [0.05, 0.1) is 5.56 Å². The maximum atomic E-state index is 14.2. The summed E-state index contributed by atoms with van der Waals surface area (Å²) < 4.78 is 26.4. The standard InChI is InChI=1S/C20H20F2N2O2/c1-12-8-14-4-6-23-20(26)17(14)11-15(12)9-13-2-3-16(18(22)10-13)19(25)24-7-5-21/h2-3,8,10-11H,4-7,9H2,1H3,(H,23,26)(H,24,25). The van der Waals surface area contributed by atoms with E-state index in [1.165, 1.54) is 12.1 Å². The number of carbonyl (C=O) groups excluding carboxylic acids is 2. The Bertz CT molecular complexity index is 865. The molecule has 26 heavy (non-hydrogen) atoms. The molecule has 6 heteroatoms. The molecule has 0 saturated carbocycles. The molecule has 1 aliphatic rings. The molecule has 0 fully saturated rings. The van der Waals surface area contributed by atoms with E-state index in [1.54, 1.807) is 6.07 Å². The lowest BCUT2D eigenvalue weighted by Crippen LogP contribution is -2.32. The van der Waals surface area contributed by atoms with Crippen LogP contribution in [0.1, 0.15) is 43.0 Å². The quantitative estimate of drug-likeness (QED) is 0.863. The Morgan fingerprint density at radius 2 is 2.08 bits per heavy atom. The second-order valence-corrected chi connectivity index (χ2v) is 6.38. The van der Waals surface area contributed by atoms with Crippen LogP contribution in [0.5, 0.6) is 0 Å². The minimum atomic E-state index is -0.698. The van der Waals surface area contributed by atoms with Gasteiger partial charge in [-0.25, -0.2) is 8.78 Å². The highest BCUT2D eigenvalue weighted by Gasteiger charge is 2.19. The highest BCUT2D eigenvalue weighted by Crippen LogP contribution is 2.23. The van der Waals surface area contributed by atoms with Crippen molar-refractivity contribution in [2.24, 2.45) is 0 Å². The molecule has 0 bridgehead atoms. The van der Waals surface area contributed by atoms with Gasteiger partial charge in [-0.2, -0.15) is 0 Å². The molecule has 3 rings (SSSR count). The van der Waals surface area contributed by atoms with Crippen LogP contribution in [0.2, 0.25) is 0 Å². The van der Waals surface area contributed by atoms with E-state index in [9.17, 15) is 18.4 Å². The van der Waals surface area contributed by atoms with Crippen molar-refractivity contribution in [2.45, 2.75) is 19.8 Å². The average Bonchev–Trinajstić information content (AvgIpc) is 2.61. The van der Waals surface area contributed by atoms with Gasteiger partial charge in [-0.05, 0) is 60.2 Å². The van der Waals surface area contributed by atoms with Gasteiger partial charge in [0.25, 0.3) is 11.8 Å². The zero-order valence-electron chi connectivity index (χ0n) is 14.5. The first-order valence-corrected chi connectivity index (χ1v) is 8.52. The summed E-state index contributed by atoms with van der Waals surface area (Å²) in [7, 11) is 0. The number of fused-ring (bicyclic) bond motifs is 1. The first-order chi connectivity index (χ1) is 12.5. The van der Waals surface area contributed by atoms with Gasteiger partial charge in [0, 0.05) is 18.7 Å². The van der Waals surface area contributed by atoms with Crippen LogP contribution in [0.15, 0.2) is 30.3 Å².